The summed E-state index contributed by atoms with van der Waals surface area (Å²) in [6.45, 7) is 5.88. The highest BCUT2D eigenvalue weighted by Crippen LogP contribution is 2.31. The molecule has 4 rings (SSSR count). The SMILES string of the molecule is CCS(=O)(=O)C1C=Cc2c/c(=C\c3ccc4c(C)c(OC)cc(C)c4c3)ccc2=C1. The molecule has 0 bridgehead atoms. The molecule has 1 unspecified atom stereocenters. The van der Waals surface area contributed by atoms with E-state index in [1.165, 1.54) is 16.3 Å². The number of hydrogen-bond acceptors (Lipinski definition) is 3. The molecule has 4 heteroatoms. The van der Waals surface area contributed by atoms with Crippen molar-refractivity contribution in [3.8, 4) is 5.75 Å². The number of fused-ring (bicyclic) bond motifs is 2. The Kier molecular flexibility index (Phi) is 5.29. The lowest BCUT2D eigenvalue weighted by molar-refractivity contribution is 0.412. The Balaban J connectivity index is 1.77. The van der Waals surface area contributed by atoms with Crippen molar-refractivity contribution in [2.75, 3.05) is 12.9 Å². The Bertz CT molecular complexity index is 1400. The van der Waals surface area contributed by atoms with Gasteiger partial charge < -0.3 is 4.74 Å². The van der Waals surface area contributed by atoms with Crippen molar-refractivity contribution in [3.63, 3.8) is 0 Å². The van der Waals surface area contributed by atoms with Gasteiger partial charge in [0.15, 0.2) is 9.84 Å². The molecule has 30 heavy (non-hydrogen) atoms. The smallest absolute Gasteiger partial charge is 0.160 e. The van der Waals surface area contributed by atoms with Crippen molar-refractivity contribution in [2.45, 2.75) is 26.0 Å². The molecule has 1 aliphatic rings. The molecular formula is C26H26O3S. The van der Waals surface area contributed by atoms with Crippen molar-refractivity contribution >= 4 is 38.8 Å². The van der Waals surface area contributed by atoms with Crippen LogP contribution in [0.1, 0.15) is 29.2 Å². The molecule has 0 N–H and O–H groups in total. The highest BCUT2D eigenvalue weighted by atomic mass is 32.2. The van der Waals surface area contributed by atoms with Crippen molar-refractivity contribution in [2.24, 2.45) is 0 Å². The van der Waals surface area contributed by atoms with E-state index < -0.39 is 15.1 Å². The van der Waals surface area contributed by atoms with Crippen LogP contribution in [0.3, 0.4) is 0 Å². The van der Waals surface area contributed by atoms with Crippen molar-refractivity contribution in [1.29, 1.82) is 0 Å². The van der Waals surface area contributed by atoms with Gasteiger partial charge in [-0.2, -0.15) is 0 Å². The quantitative estimate of drug-likeness (QED) is 0.645. The first-order valence-electron chi connectivity index (χ1n) is 10.1. The van der Waals surface area contributed by atoms with E-state index in [9.17, 15) is 8.42 Å². The van der Waals surface area contributed by atoms with Gasteiger partial charge >= 0.3 is 0 Å². The Morgan fingerprint density at radius 2 is 1.83 bits per heavy atom. The van der Waals surface area contributed by atoms with E-state index in [-0.39, 0.29) is 5.75 Å². The Hall–Kier alpha value is -2.85. The van der Waals surface area contributed by atoms with Crippen LogP contribution in [0, 0.1) is 13.8 Å². The lowest BCUT2D eigenvalue weighted by Gasteiger charge is -2.13. The second-order valence-electron chi connectivity index (χ2n) is 7.80. The van der Waals surface area contributed by atoms with Gasteiger partial charge in [-0.1, -0.05) is 49.4 Å². The zero-order chi connectivity index (χ0) is 21.5. The summed E-state index contributed by atoms with van der Waals surface area (Å²) >= 11 is 0. The molecular weight excluding hydrogens is 392 g/mol. The van der Waals surface area contributed by atoms with Gasteiger partial charge in [0.25, 0.3) is 0 Å². The lowest BCUT2D eigenvalue weighted by atomic mass is 9.97. The van der Waals surface area contributed by atoms with E-state index in [0.29, 0.717) is 0 Å². The van der Waals surface area contributed by atoms with Crippen molar-refractivity contribution in [3.05, 3.63) is 81.2 Å². The highest BCUT2D eigenvalue weighted by molar-refractivity contribution is 7.92. The number of benzene rings is 3. The monoisotopic (exact) mass is 418 g/mol. The number of ether oxygens (including phenoxy) is 1. The summed E-state index contributed by atoms with van der Waals surface area (Å²) in [5.41, 5.74) is 4.51. The largest absolute Gasteiger partial charge is 0.496 e. The van der Waals surface area contributed by atoms with Crippen LogP contribution in [0.5, 0.6) is 5.75 Å². The van der Waals surface area contributed by atoms with Gasteiger partial charge in [-0.25, -0.2) is 8.42 Å². The molecule has 0 aliphatic heterocycles. The van der Waals surface area contributed by atoms with Crippen molar-refractivity contribution < 1.29 is 13.2 Å². The predicted octanol–water partition coefficient (Wildman–Crippen LogP) is 3.90. The number of aryl methyl sites for hydroxylation is 2. The lowest BCUT2D eigenvalue weighted by Crippen LogP contribution is -2.25. The van der Waals surface area contributed by atoms with Crippen LogP contribution in [0.2, 0.25) is 0 Å². The Morgan fingerprint density at radius 1 is 1.03 bits per heavy atom. The standard InChI is InChI=1S/C26H26O3S/c1-5-30(27,28)23-10-9-21-14-19(6-8-22(21)16-23)13-20-7-11-24-18(3)26(29-4)12-17(2)25(24)15-20/h6-16,23H,5H2,1-4H3/b19-13-. The van der Waals surface area contributed by atoms with Gasteiger partial charge in [0, 0.05) is 5.75 Å². The number of hydrogen-bond donors (Lipinski definition) is 0. The van der Waals surface area contributed by atoms with E-state index >= 15 is 0 Å². The average molecular weight is 419 g/mol. The second-order valence-corrected chi connectivity index (χ2v) is 10.2. The third-order valence-electron chi connectivity index (χ3n) is 5.88. The van der Waals surface area contributed by atoms with Crippen LogP contribution in [0.4, 0.5) is 0 Å². The maximum atomic E-state index is 12.2. The first-order chi connectivity index (χ1) is 14.3. The zero-order valence-corrected chi connectivity index (χ0v) is 18.6. The fourth-order valence-electron chi connectivity index (χ4n) is 4.05. The molecule has 0 saturated heterocycles. The first-order valence-corrected chi connectivity index (χ1v) is 11.9. The topological polar surface area (TPSA) is 43.4 Å². The minimum atomic E-state index is -3.12. The van der Waals surface area contributed by atoms with Crippen LogP contribution >= 0.6 is 0 Å². The van der Waals surface area contributed by atoms with E-state index in [1.807, 2.05) is 24.3 Å². The van der Waals surface area contributed by atoms with Gasteiger partial charge in [-0.05, 0) is 81.6 Å². The third kappa shape index (κ3) is 3.68. The number of methoxy groups -OCH3 is 1. The summed E-state index contributed by atoms with van der Waals surface area (Å²) in [6, 6.07) is 14.7. The molecule has 3 aromatic rings. The zero-order valence-electron chi connectivity index (χ0n) is 17.8. The summed E-state index contributed by atoms with van der Waals surface area (Å²) in [6.07, 6.45) is 7.69. The molecule has 3 aromatic carbocycles. The number of sulfone groups is 1. The van der Waals surface area contributed by atoms with E-state index in [4.69, 9.17) is 4.74 Å². The molecule has 1 atom stereocenters. The molecule has 0 saturated carbocycles. The van der Waals surface area contributed by atoms with E-state index in [1.54, 1.807) is 20.1 Å². The minimum Gasteiger partial charge on any atom is -0.496 e. The maximum Gasteiger partial charge on any atom is 0.160 e. The van der Waals surface area contributed by atoms with Crippen molar-refractivity contribution in [1.82, 2.24) is 0 Å². The molecule has 0 heterocycles. The van der Waals surface area contributed by atoms with Gasteiger partial charge in [0.1, 0.15) is 5.75 Å². The van der Waals surface area contributed by atoms with Crippen LogP contribution in [0.15, 0.2) is 48.5 Å². The molecule has 1 aliphatic carbocycles. The molecule has 0 aromatic heterocycles. The van der Waals surface area contributed by atoms with Gasteiger partial charge in [0.2, 0.25) is 0 Å². The summed E-state index contributed by atoms with van der Waals surface area (Å²) in [7, 11) is -1.41. The normalized spacial score (nSPS) is 16.4. The Morgan fingerprint density at radius 3 is 2.57 bits per heavy atom. The summed E-state index contributed by atoms with van der Waals surface area (Å²) in [4.78, 5) is 0. The van der Waals surface area contributed by atoms with Crippen LogP contribution in [-0.2, 0) is 9.84 Å². The molecule has 0 fully saturated rings. The number of rotatable bonds is 4. The van der Waals surface area contributed by atoms with E-state index in [0.717, 1.165) is 32.9 Å². The first kappa shape index (κ1) is 20.4. The second kappa shape index (κ2) is 7.77. The molecule has 0 radical (unpaired) electrons. The fourth-order valence-corrected chi connectivity index (χ4v) is 5.11. The fraction of sp³-hybridized carbons (Fsp3) is 0.231. The van der Waals surface area contributed by atoms with Gasteiger partial charge in [0.05, 0.1) is 12.4 Å². The third-order valence-corrected chi connectivity index (χ3v) is 7.81. The highest BCUT2D eigenvalue weighted by Gasteiger charge is 2.20. The Labute approximate surface area is 177 Å². The van der Waals surface area contributed by atoms with Gasteiger partial charge in [-0.15, -0.1) is 0 Å². The summed E-state index contributed by atoms with van der Waals surface area (Å²) in [5.74, 6) is 1.06. The molecule has 0 amide bonds. The van der Waals surface area contributed by atoms with E-state index in [2.05, 4.69) is 50.3 Å². The maximum absolute atomic E-state index is 12.2. The molecule has 3 nitrogen and oxygen atoms in total. The molecule has 154 valence electrons. The molecule has 0 spiro atoms. The minimum absolute atomic E-state index is 0.145. The van der Waals surface area contributed by atoms with Crippen LogP contribution < -0.4 is 15.2 Å². The van der Waals surface area contributed by atoms with Crippen LogP contribution in [0.25, 0.3) is 29.0 Å². The summed E-state index contributed by atoms with van der Waals surface area (Å²) in [5, 5.41) is 3.95. The van der Waals surface area contributed by atoms with Crippen LogP contribution in [-0.4, -0.2) is 26.5 Å². The summed E-state index contributed by atoms with van der Waals surface area (Å²) < 4.78 is 29.8. The average Bonchev–Trinajstić information content (AvgIpc) is 2.75. The van der Waals surface area contributed by atoms with Gasteiger partial charge in [-0.3, -0.25) is 0 Å². The predicted molar refractivity (Wildman–Crippen MR) is 126 cm³/mol.